The number of hydrogen-bond donors (Lipinski definition) is 0. The zero-order chi connectivity index (χ0) is 10.8. The molecule has 1 unspecified atom stereocenters. The normalized spacial score (nSPS) is 13.0. The fourth-order valence-electron chi connectivity index (χ4n) is 1.20. The van der Waals surface area contributed by atoms with Crippen LogP contribution in [0.2, 0.25) is 0 Å². The van der Waals surface area contributed by atoms with Crippen molar-refractivity contribution in [1.29, 1.82) is 0 Å². The van der Waals surface area contributed by atoms with Crippen molar-refractivity contribution in [2.75, 3.05) is 0 Å². The molecule has 0 aliphatic carbocycles. The third-order valence-corrected chi connectivity index (χ3v) is 3.20. The summed E-state index contributed by atoms with van der Waals surface area (Å²) in [5.41, 5.74) is 1.06. The van der Waals surface area contributed by atoms with Crippen molar-refractivity contribution >= 4 is 10.1 Å². The van der Waals surface area contributed by atoms with Crippen LogP contribution in [0.4, 0.5) is 0 Å². The molecule has 0 aliphatic rings. The molecule has 0 saturated heterocycles. The van der Waals surface area contributed by atoms with Gasteiger partial charge in [0.05, 0.1) is 4.90 Å². The maximum Gasteiger partial charge on any atom is 1.00 e. The maximum absolute atomic E-state index is 10.6. The Morgan fingerprint density at radius 1 is 1.27 bits per heavy atom. The van der Waals surface area contributed by atoms with Gasteiger partial charge in [-0.2, -0.15) is 0 Å². The van der Waals surface area contributed by atoms with Crippen LogP contribution in [0, 0.1) is 0 Å². The Hall–Kier alpha value is 0.766. The Labute approximate surface area is 133 Å². The van der Waals surface area contributed by atoms with Crippen LogP contribution in [-0.2, 0) is 10.1 Å². The number of hydrogen-bond acceptors (Lipinski definition) is 3. The smallest absolute Gasteiger partial charge is 0.744 e. The van der Waals surface area contributed by atoms with Crippen LogP contribution in [0.25, 0.3) is 0 Å². The van der Waals surface area contributed by atoms with Crippen molar-refractivity contribution in [3.05, 3.63) is 29.8 Å². The molecule has 5 heteroatoms. The van der Waals surface area contributed by atoms with Gasteiger partial charge in [0.1, 0.15) is 10.1 Å². The summed E-state index contributed by atoms with van der Waals surface area (Å²) in [6.45, 7) is 4.11. The predicted octanol–water partition coefficient (Wildman–Crippen LogP) is -0.892. The number of benzene rings is 1. The number of rotatable bonds is 3. The van der Waals surface area contributed by atoms with Crippen LogP contribution >= 0.6 is 0 Å². The molecule has 1 atom stereocenters. The molecular weight excluding hydrogens is 239 g/mol. The van der Waals surface area contributed by atoms with E-state index in [1.165, 1.54) is 12.1 Å². The second kappa shape index (κ2) is 6.49. The maximum atomic E-state index is 10.6. The van der Waals surface area contributed by atoms with Gasteiger partial charge in [0.15, 0.2) is 0 Å². The molecule has 0 fully saturated rings. The summed E-state index contributed by atoms with van der Waals surface area (Å²) < 4.78 is 31.9. The SMILES string of the molecule is CCC(C)c1ccc(S(=O)(=O)[O-])cc1.[K+]. The van der Waals surface area contributed by atoms with Crippen molar-refractivity contribution < 1.29 is 64.4 Å². The first-order valence-electron chi connectivity index (χ1n) is 4.51. The molecule has 0 amide bonds. The van der Waals surface area contributed by atoms with E-state index in [4.69, 9.17) is 0 Å². The average Bonchev–Trinajstić information content (AvgIpc) is 2.15. The largest absolute Gasteiger partial charge is 1.00 e. The summed E-state index contributed by atoms with van der Waals surface area (Å²) in [7, 11) is -4.30. The van der Waals surface area contributed by atoms with E-state index in [9.17, 15) is 13.0 Å². The van der Waals surface area contributed by atoms with Crippen molar-refractivity contribution in [3.63, 3.8) is 0 Å². The first kappa shape index (κ1) is 15.8. The molecular formula is C10H13KO3S. The fourth-order valence-corrected chi connectivity index (χ4v) is 1.67. The first-order chi connectivity index (χ1) is 6.45. The molecule has 0 aliphatic heterocycles. The Morgan fingerprint density at radius 3 is 2.07 bits per heavy atom. The molecule has 0 aromatic heterocycles. The van der Waals surface area contributed by atoms with Crippen molar-refractivity contribution in [2.45, 2.75) is 31.1 Å². The van der Waals surface area contributed by atoms with E-state index in [0.29, 0.717) is 5.92 Å². The summed E-state index contributed by atoms with van der Waals surface area (Å²) >= 11 is 0. The molecule has 78 valence electrons. The van der Waals surface area contributed by atoms with Crippen LogP contribution in [0.15, 0.2) is 29.2 Å². The second-order valence-corrected chi connectivity index (χ2v) is 4.71. The summed E-state index contributed by atoms with van der Waals surface area (Å²) in [5.74, 6) is 0.387. The zero-order valence-electron chi connectivity index (χ0n) is 9.23. The summed E-state index contributed by atoms with van der Waals surface area (Å²) in [4.78, 5) is -0.162. The Bertz CT molecular complexity index is 397. The molecule has 1 aromatic rings. The van der Waals surface area contributed by atoms with E-state index in [1.54, 1.807) is 12.1 Å². The van der Waals surface area contributed by atoms with E-state index in [-0.39, 0.29) is 56.3 Å². The van der Waals surface area contributed by atoms with E-state index >= 15 is 0 Å². The zero-order valence-corrected chi connectivity index (χ0v) is 13.2. The van der Waals surface area contributed by atoms with Gasteiger partial charge in [-0.1, -0.05) is 26.0 Å². The van der Waals surface area contributed by atoms with Crippen LogP contribution < -0.4 is 51.4 Å². The van der Waals surface area contributed by atoms with E-state index < -0.39 is 10.1 Å². The molecule has 0 N–H and O–H groups in total. The monoisotopic (exact) mass is 252 g/mol. The molecule has 1 rings (SSSR count). The van der Waals surface area contributed by atoms with Gasteiger partial charge >= 0.3 is 51.4 Å². The van der Waals surface area contributed by atoms with Crippen LogP contribution in [-0.4, -0.2) is 13.0 Å². The van der Waals surface area contributed by atoms with Gasteiger partial charge < -0.3 is 4.55 Å². The van der Waals surface area contributed by atoms with E-state index in [1.807, 2.05) is 0 Å². The molecule has 1 aromatic carbocycles. The van der Waals surface area contributed by atoms with Gasteiger partial charge in [-0.25, -0.2) is 8.42 Å². The van der Waals surface area contributed by atoms with Gasteiger partial charge in [0, 0.05) is 0 Å². The first-order valence-corrected chi connectivity index (χ1v) is 5.92. The minimum atomic E-state index is -4.30. The standard InChI is InChI=1S/C10H14O3S.K/c1-3-8(2)9-4-6-10(7-5-9)14(11,12)13;/h4-8H,3H2,1-2H3,(H,11,12,13);/q;+1/p-1. The molecule has 0 spiro atoms. The van der Waals surface area contributed by atoms with Crippen molar-refractivity contribution in [2.24, 2.45) is 0 Å². The van der Waals surface area contributed by atoms with Gasteiger partial charge in [-0.15, -0.1) is 0 Å². The minimum absolute atomic E-state index is 0. The van der Waals surface area contributed by atoms with Gasteiger partial charge in [-0.05, 0) is 30.0 Å². The third-order valence-electron chi connectivity index (χ3n) is 2.35. The topological polar surface area (TPSA) is 57.2 Å². The quantitative estimate of drug-likeness (QED) is 0.518. The summed E-state index contributed by atoms with van der Waals surface area (Å²) in [6.07, 6.45) is 0.990. The molecule has 0 saturated carbocycles. The molecule has 3 nitrogen and oxygen atoms in total. The Morgan fingerprint density at radius 2 is 1.73 bits per heavy atom. The van der Waals surface area contributed by atoms with Gasteiger partial charge in [0.2, 0.25) is 0 Å². The molecule has 0 radical (unpaired) electrons. The second-order valence-electron chi connectivity index (χ2n) is 3.33. The summed E-state index contributed by atoms with van der Waals surface area (Å²) in [6, 6.07) is 6.12. The predicted molar refractivity (Wildman–Crippen MR) is 53.1 cm³/mol. The fraction of sp³-hybridized carbons (Fsp3) is 0.400. The minimum Gasteiger partial charge on any atom is -0.744 e. The van der Waals surface area contributed by atoms with Crippen LogP contribution in [0.3, 0.4) is 0 Å². The van der Waals surface area contributed by atoms with Crippen LogP contribution in [0.1, 0.15) is 31.7 Å². The van der Waals surface area contributed by atoms with Crippen molar-refractivity contribution in [3.8, 4) is 0 Å². The Balaban J connectivity index is 0.00000196. The van der Waals surface area contributed by atoms with Crippen molar-refractivity contribution in [1.82, 2.24) is 0 Å². The average molecular weight is 252 g/mol. The van der Waals surface area contributed by atoms with E-state index in [0.717, 1.165) is 12.0 Å². The third kappa shape index (κ3) is 4.64. The Kier molecular flexibility index (Phi) is 6.82. The van der Waals surface area contributed by atoms with Crippen LogP contribution in [0.5, 0.6) is 0 Å². The van der Waals surface area contributed by atoms with Gasteiger partial charge in [0.25, 0.3) is 0 Å². The van der Waals surface area contributed by atoms with Gasteiger partial charge in [-0.3, -0.25) is 0 Å². The van der Waals surface area contributed by atoms with E-state index in [2.05, 4.69) is 13.8 Å². The summed E-state index contributed by atoms with van der Waals surface area (Å²) in [5, 5.41) is 0. The molecule has 15 heavy (non-hydrogen) atoms. The molecule has 0 bridgehead atoms. The molecule has 0 heterocycles.